The fraction of sp³-hybridized carbons (Fsp3) is 0.474. The third-order valence-corrected chi connectivity index (χ3v) is 4.73. The molecule has 2 aromatic rings. The van der Waals surface area contributed by atoms with E-state index in [2.05, 4.69) is 15.3 Å². The molecule has 1 aromatic carbocycles. The van der Waals surface area contributed by atoms with Crippen molar-refractivity contribution in [3.63, 3.8) is 0 Å². The number of aromatic amines is 1. The molecule has 3 N–H and O–H groups in total. The van der Waals surface area contributed by atoms with Gasteiger partial charge in [-0.25, -0.2) is 9.78 Å². The standard InChI is InChI=1S/C19H23N3O5/c23-16(22-17(19(25)26)12-5-4-10-27-11-12)9-3-8-15-20-14-7-2-1-6-13(14)18(24)21-15/h1-2,6-7,12,17H,3-5,8-11H2,(H,22,23)(H,25,26)(H,20,21,24). The van der Waals surface area contributed by atoms with Crippen molar-refractivity contribution in [2.75, 3.05) is 13.2 Å². The van der Waals surface area contributed by atoms with Gasteiger partial charge < -0.3 is 20.1 Å². The van der Waals surface area contributed by atoms with Crippen LogP contribution in [-0.2, 0) is 20.7 Å². The molecule has 144 valence electrons. The zero-order valence-electron chi connectivity index (χ0n) is 14.9. The number of aromatic nitrogens is 2. The summed E-state index contributed by atoms with van der Waals surface area (Å²) in [5.74, 6) is -1.06. The van der Waals surface area contributed by atoms with Crippen molar-refractivity contribution in [3.05, 3.63) is 40.4 Å². The van der Waals surface area contributed by atoms with E-state index in [4.69, 9.17) is 4.74 Å². The molecule has 8 nitrogen and oxygen atoms in total. The van der Waals surface area contributed by atoms with E-state index < -0.39 is 12.0 Å². The number of hydrogen-bond acceptors (Lipinski definition) is 5. The molecule has 2 unspecified atom stereocenters. The predicted molar refractivity (Wildman–Crippen MR) is 98.4 cm³/mol. The highest BCUT2D eigenvalue weighted by molar-refractivity contribution is 5.83. The van der Waals surface area contributed by atoms with Crippen LogP contribution in [0.4, 0.5) is 0 Å². The number of hydrogen-bond donors (Lipinski definition) is 3. The number of carboxylic acids is 1. The molecule has 1 aromatic heterocycles. The smallest absolute Gasteiger partial charge is 0.326 e. The van der Waals surface area contributed by atoms with Crippen molar-refractivity contribution < 1.29 is 19.4 Å². The van der Waals surface area contributed by atoms with Crippen LogP contribution in [0.1, 0.15) is 31.5 Å². The molecule has 1 saturated heterocycles. The topological polar surface area (TPSA) is 121 Å². The van der Waals surface area contributed by atoms with Crippen LogP contribution < -0.4 is 10.9 Å². The van der Waals surface area contributed by atoms with Crippen LogP contribution in [0, 0.1) is 5.92 Å². The van der Waals surface area contributed by atoms with Crippen LogP contribution in [0.5, 0.6) is 0 Å². The molecule has 0 saturated carbocycles. The van der Waals surface area contributed by atoms with E-state index in [1.165, 1.54) is 0 Å². The number of aliphatic carboxylic acids is 1. The van der Waals surface area contributed by atoms with Crippen LogP contribution in [0.15, 0.2) is 29.1 Å². The Kier molecular flexibility index (Phi) is 6.18. The third kappa shape index (κ3) is 4.91. The summed E-state index contributed by atoms with van der Waals surface area (Å²) in [4.78, 5) is 42.8. The summed E-state index contributed by atoms with van der Waals surface area (Å²) >= 11 is 0. The number of carbonyl (C=O) groups is 2. The molecular formula is C19H23N3O5. The second-order valence-corrected chi connectivity index (χ2v) is 6.74. The van der Waals surface area contributed by atoms with E-state index in [-0.39, 0.29) is 23.8 Å². The molecule has 1 aliphatic heterocycles. The Bertz CT molecular complexity index is 873. The van der Waals surface area contributed by atoms with Crippen molar-refractivity contribution in [1.29, 1.82) is 0 Å². The van der Waals surface area contributed by atoms with Gasteiger partial charge in [0.15, 0.2) is 0 Å². The van der Waals surface area contributed by atoms with Gasteiger partial charge in [-0.15, -0.1) is 0 Å². The summed E-state index contributed by atoms with van der Waals surface area (Å²) in [6, 6.07) is 6.13. The largest absolute Gasteiger partial charge is 0.480 e. The zero-order chi connectivity index (χ0) is 19.2. The highest BCUT2D eigenvalue weighted by atomic mass is 16.5. The number of nitrogens with one attached hydrogen (secondary N) is 2. The van der Waals surface area contributed by atoms with E-state index in [1.807, 2.05) is 6.07 Å². The average molecular weight is 373 g/mol. The van der Waals surface area contributed by atoms with Crippen LogP contribution in [0.3, 0.4) is 0 Å². The Balaban J connectivity index is 1.54. The van der Waals surface area contributed by atoms with Crippen molar-refractivity contribution in [3.8, 4) is 0 Å². The summed E-state index contributed by atoms with van der Waals surface area (Å²) in [7, 11) is 0. The number of para-hydroxylation sites is 1. The van der Waals surface area contributed by atoms with E-state index in [0.29, 0.717) is 42.8 Å². The minimum atomic E-state index is -1.04. The minimum absolute atomic E-state index is 0.161. The minimum Gasteiger partial charge on any atom is -0.480 e. The molecule has 0 aliphatic carbocycles. The maximum absolute atomic E-state index is 12.2. The summed E-state index contributed by atoms with van der Waals surface area (Å²) in [5, 5.41) is 12.5. The van der Waals surface area contributed by atoms with Crippen molar-refractivity contribution in [2.24, 2.45) is 5.92 Å². The SMILES string of the molecule is O=C(CCCc1nc2ccccc2c(=O)[nH]1)NC(C(=O)O)C1CCCOC1. The van der Waals surface area contributed by atoms with Gasteiger partial charge in [0, 0.05) is 25.4 Å². The molecular weight excluding hydrogens is 350 g/mol. The fourth-order valence-electron chi connectivity index (χ4n) is 3.33. The normalized spacial score (nSPS) is 18.1. The summed E-state index contributed by atoms with van der Waals surface area (Å²) < 4.78 is 5.32. The van der Waals surface area contributed by atoms with E-state index >= 15 is 0 Å². The van der Waals surface area contributed by atoms with Crippen LogP contribution in [0.25, 0.3) is 10.9 Å². The first-order valence-corrected chi connectivity index (χ1v) is 9.12. The van der Waals surface area contributed by atoms with Gasteiger partial charge in [-0.1, -0.05) is 12.1 Å². The van der Waals surface area contributed by atoms with Crippen molar-refractivity contribution in [1.82, 2.24) is 15.3 Å². The third-order valence-electron chi connectivity index (χ3n) is 4.73. The van der Waals surface area contributed by atoms with Crippen LogP contribution in [0.2, 0.25) is 0 Å². The second-order valence-electron chi connectivity index (χ2n) is 6.74. The number of fused-ring (bicyclic) bond motifs is 1. The van der Waals surface area contributed by atoms with Crippen molar-refractivity contribution >= 4 is 22.8 Å². The zero-order valence-corrected chi connectivity index (χ0v) is 14.9. The fourth-order valence-corrected chi connectivity index (χ4v) is 3.33. The number of aryl methyl sites for hydroxylation is 1. The van der Waals surface area contributed by atoms with E-state index in [0.717, 1.165) is 12.8 Å². The number of benzene rings is 1. The van der Waals surface area contributed by atoms with E-state index in [9.17, 15) is 19.5 Å². The molecule has 8 heteroatoms. The Hall–Kier alpha value is -2.74. The number of carbonyl (C=O) groups excluding carboxylic acids is 1. The quantitative estimate of drug-likeness (QED) is 0.671. The van der Waals surface area contributed by atoms with Gasteiger partial charge in [0.2, 0.25) is 5.91 Å². The average Bonchev–Trinajstić information content (AvgIpc) is 2.66. The maximum atomic E-state index is 12.2. The summed E-state index contributed by atoms with van der Waals surface area (Å²) in [6.45, 7) is 0.979. The summed E-state index contributed by atoms with van der Waals surface area (Å²) in [5.41, 5.74) is 0.409. The molecule has 0 bridgehead atoms. The predicted octanol–water partition coefficient (Wildman–Crippen LogP) is 1.24. The Morgan fingerprint density at radius 2 is 2.19 bits per heavy atom. The van der Waals surface area contributed by atoms with Crippen molar-refractivity contribution in [2.45, 2.75) is 38.1 Å². The molecule has 27 heavy (non-hydrogen) atoms. The van der Waals surface area contributed by atoms with Gasteiger partial charge in [-0.3, -0.25) is 9.59 Å². The Morgan fingerprint density at radius 1 is 1.37 bits per heavy atom. The highest BCUT2D eigenvalue weighted by Gasteiger charge is 2.31. The molecule has 0 spiro atoms. The lowest BCUT2D eigenvalue weighted by Crippen LogP contribution is -2.48. The van der Waals surface area contributed by atoms with Gasteiger partial charge in [0.25, 0.3) is 5.56 Å². The van der Waals surface area contributed by atoms with Gasteiger partial charge in [0.05, 0.1) is 17.5 Å². The molecule has 1 amide bonds. The monoisotopic (exact) mass is 373 g/mol. The Labute approximate surface area is 156 Å². The van der Waals surface area contributed by atoms with Crippen LogP contribution in [-0.4, -0.2) is 46.2 Å². The number of nitrogens with zero attached hydrogens (tertiary/aromatic N) is 1. The first-order chi connectivity index (χ1) is 13.0. The molecule has 2 heterocycles. The molecule has 0 radical (unpaired) electrons. The van der Waals surface area contributed by atoms with Gasteiger partial charge in [-0.2, -0.15) is 0 Å². The second kappa shape index (κ2) is 8.77. The van der Waals surface area contributed by atoms with Gasteiger partial charge in [-0.05, 0) is 31.4 Å². The number of carboxylic acid groups (broad SMARTS) is 1. The van der Waals surface area contributed by atoms with E-state index in [1.54, 1.807) is 18.2 Å². The highest BCUT2D eigenvalue weighted by Crippen LogP contribution is 2.18. The lowest BCUT2D eigenvalue weighted by molar-refractivity contribution is -0.145. The molecule has 2 atom stereocenters. The van der Waals surface area contributed by atoms with Crippen LogP contribution >= 0.6 is 0 Å². The lowest BCUT2D eigenvalue weighted by Gasteiger charge is -2.28. The Morgan fingerprint density at radius 3 is 2.93 bits per heavy atom. The number of H-pyrrole nitrogens is 1. The molecule has 1 fully saturated rings. The molecule has 3 rings (SSSR count). The van der Waals surface area contributed by atoms with Gasteiger partial charge >= 0.3 is 5.97 Å². The lowest BCUT2D eigenvalue weighted by atomic mass is 9.93. The first-order valence-electron chi connectivity index (χ1n) is 9.12. The molecule has 1 aliphatic rings. The number of rotatable bonds is 7. The number of amides is 1. The maximum Gasteiger partial charge on any atom is 0.326 e. The number of ether oxygens (including phenoxy) is 1. The summed E-state index contributed by atoms with van der Waals surface area (Å²) in [6.07, 6.45) is 2.57. The first kappa shape index (κ1) is 19.0. The van der Waals surface area contributed by atoms with Gasteiger partial charge in [0.1, 0.15) is 11.9 Å².